The number of anilines is 2. The van der Waals surface area contributed by atoms with E-state index >= 15 is 4.39 Å². The molecule has 0 bridgehead atoms. The monoisotopic (exact) mass is 636 g/mol. The maximum atomic E-state index is 15.9. The van der Waals surface area contributed by atoms with Gasteiger partial charge in [0.2, 0.25) is 0 Å². The minimum Gasteiger partial charge on any atom is -0.494 e. The molecule has 0 radical (unpaired) electrons. The molecule has 3 aliphatic rings. The summed E-state index contributed by atoms with van der Waals surface area (Å²) >= 11 is 0. The molecule has 1 amide bonds. The number of hydrogen-bond donors (Lipinski definition) is 0. The second kappa shape index (κ2) is 13.8. The number of carbonyl (C=O) groups excluding carboxylic acids is 1. The van der Waals surface area contributed by atoms with Crippen LogP contribution in [-0.2, 0) is 22.4 Å². The lowest BCUT2D eigenvalue weighted by Crippen LogP contribution is -2.50. The van der Waals surface area contributed by atoms with E-state index in [0.29, 0.717) is 64.0 Å². The standard InChI is InChI=1S/C34H45FN6O5/c1-34(2,3)46-33(42)40-15-13-39(14-16-40)31-26-10-12-41(30-25-9-6-5-8-24(25)22-28(43-4)29(30)35)23-27(26)36-32(37-31)45-19-7-11-38-17-20-44-21-18-38/h5-6,8-9,22H,7,10-21,23H2,1-4H3. The van der Waals surface area contributed by atoms with Crippen LogP contribution in [0.1, 0.15) is 38.4 Å². The first-order chi connectivity index (χ1) is 22.2. The van der Waals surface area contributed by atoms with Crippen LogP contribution < -0.4 is 19.3 Å². The zero-order chi connectivity index (χ0) is 32.3. The van der Waals surface area contributed by atoms with Crippen LogP contribution >= 0.6 is 0 Å². The number of methoxy groups -OCH3 is 1. The van der Waals surface area contributed by atoms with Gasteiger partial charge in [-0.05, 0) is 45.1 Å². The van der Waals surface area contributed by atoms with Crippen LogP contribution in [0.2, 0.25) is 0 Å². The average Bonchev–Trinajstić information content (AvgIpc) is 3.05. The van der Waals surface area contributed by atoms with Gasteiger partial charge in [0.1, 0.15) is 11.4 Å². The highest BCUT2D eigenvalue weighted by Crippen LogP contribution is 2.39. The molecule has 3 aliphatic heterocycles. The molecule has 2 aromatic carbocycles. The number of hydrogen-bond acceptors (Lipinski definition) is 10. The van der Waals surface area contributed by atoms with Gasteiger partial charge in [-0.3, -0.25) is 4.90 Å². The van der Waals surface area contributed by atoms with Crippen LogP contribution in [0.4, 0.5) is 20.7 Å². The molecule has 4 heterocycles. The number of morpholine rings is 1. The topological polar surface area (TPSA) is 92.7 Å². The quantitative estimate of drug-likeness (QED) is 0.329. The SMILES string of the molecule is COc1cc2ccccc2c(N2CCc3c(nc(OCCCN4CCOCC4)nc3N3CCN(C(=O)OC(C)(C)C)CC3)C2)c1F. The molecule has 0 atom stereocenters. The second-order valence-electron chi connectivity index (χ2n) is 13.0. The Bertz CT molecular complexity index is 1530. The summed E-state index contributed by atoms with van der Waals surface area (Å²) in [7, 11) is 1.49. The zero-order valence-electron chi connectivity index (χ0n) is 27.4. The molecule has 6 rings (SSSR count). The van der Waals surface area contributed by atoms with Gasteiger partial charge < -0.3 is 33.6 Å². The molecule has 1 aromatic heterocycles. The van der Waals surface area contributed by atoms with Gasteiger partial charge in [0.25, 0.3) is 0 Å². The van der Waals surface area contributed by atoms with Crippen molar-refractivity contribution in [1.29, 1.82) is 0 Å². The summed E-state index contributed by atoms with van der Waals surface area (Å²) in [5, 5.41) is 1.74. The molecule has 11 nitrogen and oxygen atoms in total. The van der Waals surface area contributed by atoms with Crippen molar-refractivity contribution >= 4 is 28.4 Å². The van der Waals surface area contributed by atoms with Crippen LogP contribution in [0, 0.1) is 5.82 Å². The molecule has 0 unspecified atom stereocenters. The maximum Gasteiger partial charge on any atom is 0.410 e. The third-order valence-corrected chi connectivity index (χ3v) is 8.67. The van der Waals surface area contributed by atoms with Crippen molar-refractivity contribution in [1.82, 2.24) is 19.8 Å². The Balaban J connectivity index is 1.25. The van der Waals surface area contributed by atoms with Crippen LogP contribution in [-0.4, -0.2) is 111 Å². The number of carbonyl (C=O) groups is 1. The number of fused-ring (bicyclic) bond motifs is 2. The molecular formula is C34H45FN6O5. The smallest absolute Gasteiger partial charge is 0.410 e. The first-order valence-corrected chi connectivity index (χ1v) is 16.3. The maximum absolute atomic E-state index is 15.9. The van der Waals surface area contributed by atoms with E-state index in [1.807, 2.05) is 49.9 Å². The first-order valence-electron chi connectivity index (χ1n) is 16.3. The molecule has 248 valence electrons. The number of rotatable bonds is 8. The number of benzene rings is 2. The van der Waals surface area contributed by atoms with E-state index in [-0.39, 0.29) is 17.7 Å². The predicted octanol–water partition coefficient (Wildman–Crippen LogP) is 4.50. The van der Waals surface area contributed by atoms with Crippen molar-refractivity contribution in [2.75, 3.05) is 89.1 Å². The summed E-state index contributed by atoms with van der Waals surface area (Å²) in [5.41, 5.74) is 1.82. The number of nitrogens with zero attached hydrogens (tertiary/aromatic N) is 6. The zero-order valence-corrected chi connectivity index (χ0v) is 27.4. The van der Waals surface area contributed by atoms with Gasteiger partial charge >= 0.3 is 12.1 Å². The van der Waals surface area contributed by atoms with Gasteiger partial charge in [0, 0.05) is 63.3 Å². The van der Waals surface area contributed by atoms with Gasteiger partial charge in [-0.2, -0.15) is 9.97 Å². The summed E-state index contributed by atoms with van der Waals surface area (Å²) in [6, 6.07) is 9.85. The third-order valence-electron chi connectivity index (χ3n) is 8.67. The third kappa shape index (κ3) is 7.23. The molecular weight excluding hydrogens is 591 g/mol. The Morgan fingerprint density at radius 3 is 2.50 bits per heavy atom. The highest BCUT2D eigenvalue weighted by atomic mass is 19.1. The fourth-order valence-corrected chi connectivity index (χ4v) is 6.34. The predicted molar refractivity (Wildman–Crippen MR) is 175 cm³/mol. The van der Waals surface area contributed by atoms with E-state index in [1.165, 1.54) is 7.11 Å². The van der Waals surface area contributed by atoms with E-state index in [1.54, 1.807) is 11.0 Å². The van der Waals surface area contributed by atoms with Crippen molar-refractivity contribution in [2.45, 2.75) is 45.8 Å². The molecule has 0 spiro atoms. The van der Waals surface area contributed by atoms with Crippen molar-refractivity contribution in [2.24, 2.45) is 0 Å². The van der Waals surface area contributed by atoms with Crippen molar-refractivity contribution < 1.29 is 28.1 Å². The van der Waals surface area contributed by atoms with Gasteiger partial charge in [0.15, 0.2) is 11.6 Å². The van der Waals surface area contributed by atoms with Crippen LogP contribution in [0.5, 0.6) is 11.8 Å². The molecule has 0 saturated carbocycles. The lowest BCUT2D eigenvalue weighted by Gasteiger charge is -2.38. The normalized spacial score (nSPS) is 17.6. The van der Waals surface area contributed by atoms with Gasteiger partial charge in [0.05, 0.1) is 44.9 Å². The Kier molecular flexibility index (Phi) is 9.65. The number of aromatic nitrogens is 2. The largest absolute Gasteiger partial charge is 0.494 e. The first kappa shape index (κ1) is 32.1. The lowest BCUT2D eigenvalue weighted by atomic mass is 10.0. The van der Waals surface area contributed by atoms with Gasteiger partial charge in [-0.1, -0.05) is 24.3 Å². The number of piperazine rings is 1. The summed E-state index contributed by atoms with van der Waals surface area (Å²) in [4.78, 5) is 30.9. The van der Waals surface area contributed by atoms with Crippen molar-refractivity contribution in [3.05, 3.63) is 47.4 Å². The average molecular weight is 637 g/mol. The summed E-state index contributed by atoms with van der Waals surface area (Å²) in [5.74, 6) is 0.666. The van der Waals surface area contributed by atoms with Crippen molar-refractivity contribution in [3.8, 4) is 11.8 Å². The van der Waals surface area contributed by atoms with E-state index in [0.717, 1.165) is 67.1 Å². The molecule has 46 heavy (non-hydrogen) atoms. The fraction of sp³-hybridized carbons (Fsp3) is 0.559. The van der Waals surface area contributed by atoms with E-state index in [9.17, 15) is 4.79 Å². The van der Waals surface area contributed by atoms with E-state index < -0.39 is 5.60 Å². The van der Waals surface area contributed by atoms with E-state index in [4.69, 9.17) is 28.9 Å². The fourth-order valence-electron chi connectivity index (χ4n) is 6.34. The van der Waals surface area contributed by atoms with Gasteiger partial charge in [-0.25, -0.2) is 9.18 Å². The molecule has 0 N–H and O–H groups in total. The van der Waals surface area contributed by atoms with E-state index in [2.05, 4.69) is 9.80 Å². The Morgan fingerprint density at radius 2 is 1.76 bits per heavy atom. The minimum atomic E-state index is -0.548. The van der Waals surface area contributed by atoms with Gasteiger partial charge in [-0.15, -0.1) is 0 Å². The van der Waals surface area contributed by atoms with Crippen molar-refractivity contribution in [3.63, 3.8) is 0 Å². The summed E-state index contributed by atoms with van der Waals surface area (Å²) in [6.45, 7) is 13.7. The van der Waals surface area contributed by atoms with Crippen LogP contribution in [0.15, 0.2) is 30.3 Å². The molecule has 2 saturated heterocycles. The van der Waals surface area contributed by atoms with Crippen LogP contribution in [0.25, 0.3) is 10.8 Å². The minimum absolute atomic E-state index is 0.218. The number of ether oxygens (including phenoxy) is 4. The summed E-state index contributed by atoms with van der Waals surface area (Å²) in [6.07, 6.45) is 1.18. The highest BCUT2D eigenvalue weighted by Gasteiger charge is 2.32. The second-order valence-corrected chi connectivity index (χ2v) is 13.0. The Hall–Kier alpha value is -3.90. The Morgan fingerprint density at radius 1 is 1.00 bits per heavy atom. The van der Waals surface area contributed by atoms with Crippen LogP contribution in [0.3, 0.4) is 0 Å². The number of amides is 1. The molecule has 3 aromatic rings. The highest BCUT2D eigenvalue weighted by molar-refractivity contribution is 5.96. The lowest BCUT2D eigenvalue weighted by molar-refractivity contribution is 0.0240. The summed E-state index contributed by atoms with van der Waals surface area (Å²) < 4.78 is 38.6. The Labute approximate surface area is 270 Å². The molecule has 2 fully saturated rings. The molecule has 12 heteroatoms. The number of halogens is 1. The molecule has 0 aliphatic carbocycles.